The highest BCUT2D eigenvalue weighted by Gasteiger charge is 2.29. The molecule has 0 aliphatic carbocycles. The van der Waals surface area contributed by atoms with Crippen molar-refractivity contribution in [1.29, 1.82) is 0 Å². The molecule has 2 aromatic carbocycles. The van der Waals surface area contributed by atoms with E-state index in [2.05, 4.69) is 10.5 Å². The molecule has 168 valence electrons. The van der Waals surface area contributed by atoms with E-state index in [9.17, 15) is 9.18 Å². The van der Waals surface area contributed by atoms with Gasteiger partial charge in [0.15, 0.2) is 0 Å². The van der Waals surface area contributed by atoms with Crippen LogP contribution in [0, 0.1) is 5.82 Å². The third-order valence-corrected chi connectivity index (χ3v) is 6.36. The van der Waals surface area contributed by atoms with Gasteiger partial charge in [0.2, 0.25) is 5.91 Å². The van der Waals surface area contributed by atoms with E-state index in [1.807, 2.05) is 47.5 Å². The highest BCUT2D eigenvalue weighted by Crippen LogP contribution is 2.33. The molecule has 4 aromatic rings. The molecule has 1 fully saturated rings. The molecule has 6 heteroatoms. The maximum absolute atomic E-state index is 14.1. The number of hydrogen-bond donors (Lipinski definition) is 0. The van der Waals surface area contributed by atoms with Crippen LogP contribution in [0.1, 0.15) is 30.1 Å². The number of likely N-dealkylation sites (tertiary alicyclic amines) is 1. The number of imidazole rings is 1. The van der Waals surface area contributed by atoms with Crippen LogP contribution in [-0.2, 0) is 11.2 Å². The Morgan fingerprint density at radius 3 is 2.82 bits per heavy atom. The van der Waals surface area contributed by atoms with E-state index in [-0.39, 0.29) is 24.1 Å². The van der Waals surface area contributed by atoms with Crippen LogP contribution in [-0.4, -0.2) is 40.4 Å². The van der Waals surface area contributed by atoms with E-state index in [0.717, 1.165) is 41.2 Å². The summed E-state index contributed by atoms with van der Waals surface area (Å²) in [6.45, 7) is 1.27. The van der Waals surface area contributed by atoms with Gasteiger partial charge < -0.3 is 14.0 Å². The molecule has 0 saturated carbocycles. The van der Waals surface area contributed by atoms with Gasteiger partial charge >= 0.3 is 0 Å². The van der Waals surface area contributed by atoms with Crippen molar-refractivity contribution in [2.45, 2.75) is 25.2 Å². The van der Waals surface area contributed by atoms with Crippen LogP contribution in [0.3, 0.4) is 0 Å². The summed E-state index contributed by atoms with van der Waals surface area (Å²) in [5, 5.41) is 0. The van der Waals surface area contributed by atoms with Crippen molar-refractivity contribution in [1.82, 2.24) is 14.3 Å². The lowest BCUT2D eigenvalue weighted by Gasteiger charge is -2.32. The smallest absolute Gasteiger partial charge is 0.227 e. The molecule has 1 aliphatic rings. The summed E-state index contributed by atoms with van der Waals surface area (Å²) in [4.78, 5) is 19.9. The predicted molar refractivity (Wildman–Crippen MR) is 126 cm³/mol. The van der Waals surface area contributed by atoms with Gasteiger partial charge in [-0.05, 0) is 48.7 Å². The van der Waals surface area contributed by atoms with Crippen molar-refractivity contribution in [3.05, 3.63) is 90.1 Å². The van der Waals surface area contributed by atoms with Crippen molar-refractivity contribution in [3.63, 3.8) is 0 Å². The van der Waals surface area contributed by atoms with Crippen LogP contribution in [0.4, 0.5) is 4.39 Å². The van der Waals surface area contributed by atoms with E-state index in [0.29, 0.717) is 18.7 Å². The van der Waals surface area contributed by atoms with Crippen LogP contribution in [0.15, 0.2) is 72.9 Å². The van der Waals surface area contributed by atoms with Crippen LogP contribution in [0.2, 0.25) is 0 Å². The number of halogens is 1. The fourth-order valence-corrected chi connectivity index (χ4v) is 4.66. The van der Waals surface area contributed by atoms with Crippen molar-refractivity contribution >= 4 is 11.4 Å². The van der Waals surface area contributed by atoms with Gasteiger partial charge in [-0.25, -0.2) is 9.37 Å². The van der Waals surface area contributed by atoms with Crippen molar-refractivity contribution < 1.29 is 13.9 Å². The van der Waals surface area contributed by atoms with Crippen molar-refractivity contribution in [3.8, 4) is 17.0 Å². The Balaban J connectivity index is 1.44. The van der Waals surface area contributed by atoms with E-state index in [1.54, 1.807) is 25.3 Å². The third kappa shape index (κ3) is 4.21. The number of nitrogens with zero attached hydrogens (tertiary/aromatic N) is 3. The molecule has 2 aromatic heterocycles. The molecule has 1 saturated heterocycles. The Morgan fingerprint density at radius 2 is 1.97 bits per heavy atom. The first kappa shape index (κ1) is 21.2. The second-order valence-electron chi connectivity index (χ2n) is 8.45. The second-order valence-corrected chi connectivity index (χ2v) is 8.45. The number of aromatic nitrogens is 2. The molecule has 0 spiro atoms. The Hall–Kier alpha value is -3.67. The van der Waals surface area contributed by atoms with Gasteiger partial charge in [0.25, 0.3) is 0 Å². The van der Waals surface area contributed by atoms with E-state index < -0.39 is 0 Å². The molecule has 5 rings (SSSR count). The summed E-state index contributed by atoms with van der Waals surface area (Å²) in [6.07, 6.45) is 3.96. The number of benzene rings is 2. The van der Waals surface area contributed by atoms with E-state index in [4.69, 9.17) is 9.72 Å². The average molecular weight is 444 g/mol. The van der Waals surface area contributed by atoms with Gasteiger partial charge in [-0.2, -0.15) is 0 Å². The molecule has 1 atom stereocenters. The summed E-state index contributed by atoms with van der Waals surface area (Å²) in [5.41, 5.74) is 3.36. The number of piperidine rings is 1. The van der Waals surface area contributed by atoms with Gasteiger partial charge in [0.05, 0.1) is 24.7 Å². The minimum absolute atomic E-state index is 0.0429. The van der Waals surface area contributed by atoms with Crippen LogP contribution in [0.25, 0.3) is 16.8 Å². The summed E-state index contributed by atoms with van der Waals surface area (Å²) < 4.78 is 21.6. The average Bonchev–Trinajstić information content (AvgIpc) is 3.25. The second kappa shape index (κ2) is 9.06. The van der Waals surface area contributed by atoms with Gasteiger partial charge in [-0.15, -0.1) is 0 Å². The first-order valence-corrected chi connectivity index (χ1v) is 11.3. The number of ether oxygens (including phenoxy) is 1. The Kier molecular flexibility index (Phi) is 5.82. The number of rotatable bonds is 5. The zero-order chi connectivity index (χ0) is 22.8. The summed E-state index contributed by atoms with van der Waals surface area (Å²) in [5.74, 6) is 1.47. The van der Waals surface area contributed by atoms with Crippen LogP contribution in [0.5, 0.6) is 5.75 Å². The number of amides is 1. The number of carbonyl (C=O) groups excluding carboxylic acids is 1. The standard InChI is InChI=1S/C27H26FN3O2/c1-33-22-11-6-9-20(16-22)26-24-13-4-5-15-31(24)27(29-26)21-10-7-14-30(18-21)25(32)17-19-8-2-3-12-23(19)28/h2-6,8-9,11-13,15-16,21H,7,10,14,17-18H2,1H3. The number of fused-ring (bicyclic) bond motifs is 1. The lowest BCUT2D eigenvalue weighted by atomic mass is 9.96. The third-order valence-electron chi connectivity index (χ3n) is 6.36. The Morgan fingerprint density at radius 1 is 1.12 bits per heavy atom. The Labute approximate surface area is 192 Å². The molecule has 1 unspecified atom stereocenters. The molecular formula is C27H26FN3O2. The molecule has 1 aliphatic heterocycles. The minimum Gasteiger partial charge on any atom is -0.497 e. The number of pyridine rings is 1. The molecule has 5 nitrogen and oxygen atoms in total. The zero-order valence-corrected chi connectivity index (χ0v) is 18.6. The summed E-state index contributed by atoms with van der Waals surface area (Å²) in [7, 11) is 1.66. The normalized spacial score (nSPS) is 16.2. The topological polar surface area (TPSA) is 46.8 Å². The predicted octanol–water partition coefficient (Wildman–Crippen LogP) is 5.10. The van der Waals surface area contributed by atoms with E-state index >= 15 is 0 Å². The van der Waals surface area contributed by atoms with Crippen LogP contribution < -0.4 is 4.74 Å². The summed E-state index contributed by atoms with van der Waals surface area (Å²) >= 11 is 0. The highest BCUT2D eigenvalue weighted by molar-refractivity contribution is 5.80. The fraction of sp³-hybridized carbons (Fsp3) is 0.259. The lowest BCUT2D eigenvalue weighted by Crippen LogP contribution is -2.40. The Bertz CT molecular complexity index is 1300. The molecule has 0 bridgehead atoms. The van der Waals surface area contributed by atoms with E-state index in [1.165, 1.54) is 6.07 Å². The monoisotopic (exact) mass is 443 g/mol. The maximum atomic E-state index is 14.1. The summed E-state index contributed by atoms with van der Waals surface area (Å²) in [6, 6.07) is 20.5. The van der Waals surface area contributed by atoms with Gasteiger partial charge in [0.1, 0.15) is 17.4 Å². The molecule has 33 heavy (non-hydrogen) atoms. The maximum Gasteiger partial charge on any atom is 0.227 e. The molecular weight excluding hydrogens is 417 g/mol. The van der Waals surface area contributed by atoms with Gasteiger partial charge in [0, 0.05) is 30.8 Å². The first-order valence-electron chi connectivity index (χ1n) is 11.3. The SMILES string of the molecule is COc1cccc(-c2nc(C3CCCN(C(=O)Cc4ccccc4F)C3)n3ccccc23)c1. The highest BCUT2D eigenvalue weighted by atomic mass is 19.1. The van der Waals surface area contributed by atoms with Crippen LogP contribution >= 0.6 is 0 Å². The first-order chi connectivity index (χ1) is 16.1. The lowest BCUT2D eigenvalue weighted by molar-refractivity contribution is -0.131. The van der Waals surface area contributed by atoms with Gasteiger partial charge in [-0.3, -0.25) is 4.79 Å². The number of hydrogen-bond acceptors (Lipinski definition) is 3. The number of methoxy groups -OCH3 is 1. The fourth-order valence-electron chi connectivity index (χ4n) is 4.66. The minimum atomic E-state index is -0.332. The largest absolute Gasteiger partial charge is 0.497 e. The molecule has 0 N–H and O–H groups in total. The zero-order valence-electron chi connectivity index (χ0n) is 18.6. The van der Waals surface area contributed by atoms with Crippen molar-refractivity contribution in [2.24, 2.45) is 0 Å². The van der Waals surface area contributed by atoms with Crippen molar-refractivity contribution in [2.75, 3.05) is 20.2 Å². The molecule has 1 amide bonds. The van der Waals surface area contributed by atoms with Gasteiger partial charge in [-0.1, -0.05) is 36.4 Å². The quantitative estimate of drug-likeness (QED) is 0.431. The number of carbonyl (C=O) groups is 1. The molecule has 3 heterocycles. The molecule has 0 radical (unpaired) electrons.